The number of likely N-dealkylation sites (tertiary alicyclic amines) is 1. The molecule has 1 aliphatic heterocycles. The molecule has 0 aromatic heterocycles. The smallest absolute Gasteiger partial charge is 0.246 e. The standard InChI is InChI=1S/C16H22F2N2O3S/c1-11-5-4-8-19(10-11)16(21)12(2)20(24(3,22)23)13-6-7-14(17)15(18)9-13/h6-7,9,11-12H,4-5,8,10H2,1-3H3/t11-,12-/m0/s1. The van der Waals surface area contributed by atoms with Crippen LogP contribution in [-0.2, 0) is 14.8 Å². The Kier molecular flexibility index (Phi) is 5.47. The van der Waals surface area contributed by atoms with Crippen molar-refractivity contribution in [2.45, 2.75) is 32.7 Å². The van der Waals surface area contributed by atoms with Gasteiger partial charge in [0.2, 0.25) is 15.9 Å². The summed E-state index contributed by atoms with van der Waals surface area (Å²) in [6.45, 7) is 4.64. The van der Waals surface area contributed by atoms with Gasteiger partial charge in [-0.2, -0.15) is 0 Å². The van der Waals surface area contributed by atoms with Gasteiger partial charge in [0.25, 0.3) is 0 Å². The van der Waals surface area contributed by atoms with Crippen LogP contribution >= 0.6 is 0 Å². The van der Waals surface area contributed by atoms with Crippen molar-refractivity contribution in [2.24, 2.45) is 5.92 Å². The molecule has 0 aliphatic carbocycles. The number of carbonyl (C=O) groups excluding carboxylic acids is 1. The number of piperidine rings is 1. The highest BCUT2D eigenvalue weighted by Crippen LogP contribution is 2.25. The molecule has 134 valence electrons. The minimum atomic E-state index is -3.85. The number of hydrogen-bond donors (Lipinski definition) is 0. The van der Waals surface area contributed by atoms with Gasteiger partial charge in [0, 0.05) is 19.2 Å². The van der Waals surface area contributed by atoms with E-state index in [-0.39, 0.29) is 11.6 Å². The lowest BCUT2D eigenvalue weighted by Crippen LogP contribution is -2.51. The molecule has 8 heteroatoms. The molecule has 0 N–H and O–H groups in total. The van der Waals surface area contributed by atoms with E-state index in [2.05, 4.69) is 0 Å². The van der Waals surface area contributed by atoms with Gasteiger partial charge in [-0.25, -0.2) is 17.2 Å². The Morgan fingerprint density at radius 3 is 2.54 bits per heavy atom. The first-order valence-electron chi connectivity index (χ1n) is 7.84. The number of benzene rings is 1. The van der Waals surface area contributed by atoms with Crippen molar-refractivity contribution in [2.75, 3.05) is 23.7 Å². The van der Waals surface area contributed by atoms with Crippen LogP contribution in [0, 0.1) is 17.6 Å². The molecule has 5 nitrogen and oxygen atoms in total. The van der Waals surface area contributed by atoms with Crippen molar-refractivity contribution in [3.05, 3.63) is 29.8 Å². The van der Waals surface area contributed by atoms with Crippen molar-refractivity contribution in [3.63, 3.8) is 0 Å². The molecular formula is C16H22F2N2O3S. The summed E-state index contributed by atoms with van der Waals surface area (Å²) in [4.78, 5) is 14.3. The van der Waals surface area contributed by atoms with Crippen molar-refractivity contribution >= 4 is 21.6 Å². The Balaban J connectivity index is 2.33. The number of hydrogen-bond acceptors (Lipinski definition) is 3. The summed E-state index contributed by atoms with van der Waals surface area (Å²) in [7, 11) is -3.85. The van der Waals surface area contributed by atoms with Crippen molar-refractivity contribution in [1.82, 2.24) is 4.90 Å². The van der Waals surface area contributed by atoms with Crippen LogP contribution in [0.1, 0.15) is 26.7 Å². The lowest BCUT2D eigenvalue weighted by Gasteiger charge is -2.36. The minimum absolute atomic E-state index is 0.0673. The molecule has 1 heterocycles. The van der Waals surface area contributed by atoms with Crippen molar-refractivity contribution in [3.8, 4) is 0 Å². The van der Waals surface area contributed by atoms with E-state index >= 15 is 0 Å². The number of amides is 1. The number of anilines is 1. The van der Waals surface area contributed by atoms with Gasteiger partial charge in [0.05, 0.1) is 11.9 Å². The lowest BCUT2D eigenvalue weighted by molar-refractivity contribution is -0.133. The molecule has 0 radical (unpaired) electrons. The quantitative estimate of drug-likeness (QED) is 0.828. The summed E-state index contributed by atoms with van der Waals surface area (Å²) >= 11 is 0. The molecule has 1 aliphatic rings. The Morgan fingerprint density at radius 1 is 1.33 bits per heavy atom. The highest BCUT2D eigenvalue weighted by atomic mass is 32.2. The van der Waals surface area contributed by atoms with E-state index < -0.39 is 27.7 Å². The molecule has 1 amide bonds. The third-order valence-electron chi connectivity index (χ3n) is 4.19. The predicted octanol–water partition coefficient (Wildman–Crippen LogP) is 2.38. The molecule has 0 unspecified atom stereocenters. The number of sulfonamides is 1. The van der Waals surface area contributed by atoms with E-state index in [1.54, 1.807) is 4.90 Å². The monoisotopic (exact) mass is 360 g/mol. The number of halogens is 2. The van der Waals surface area contributed by atoms with Crippen molar-refractivity contribution in [1.29, 1.82) is 0 Å². The molecule has 0 spiro atoms. The Bertz CT molecular complexity index is 724. The molecule has 1 aromatic rings. The van der Waals surface area contributed by atoms with E-state index in [9.17, 15) is 22.0 Å². The van der Waals surface area contributed by atoms with Gasteiger partial charge in [0.1, 0.15) is 6.04 Å². The highest BCUT2D eigenvalue weighted by molar-refractivity contribution is 7.92. The summed E-state index contributed by atoms with van der Waals surface area (Å²) in [5.74, 6) is -2.22. The van der Waals surface area contributed by atoms with E-state index in [0.717, 1.165) is 41.6 Å². The molecule has 0 bridgehead atoms. The lowest BCUT2D eigenvalue weighted by atomic mass is 10.00. The highest BCUT2D eigenvalue weighted by Gasteiger charge is 2.33. The van der Waals surface area contributed by atoms with Crippen LogP contribution in [0.15, 0.2) is 18.2 Å². The summed E-state index contributed by atoms with van der Waals surface area (Å²) in [6.07, 6.45) is 2.83. The van der Waals surface area contributed by atoms with E-state index in [4.69, 9.17) is 0 Å². The number of nitrogens with zero attached hydrogens (tertiary/aromatic N) is 2. The summed E-state index contributed by atoms with van der Waals surface area (Å²) in [5, 5.41) is 0. The fourth-order valence-electron chi connectivity index (χ4n) is 3.08. The molecular weight excluding hydrogens is 338 g/mol. The normalized spacial score (nSPS) is 19.9. The fraction of sp³-hybridized carbons (Fsp3) is 0.562. The van der Waals surface area contributed by atoms with Crippen LogP contribution in [0.2, 0.25) is 0 Å². The Hall–Kier alpha value is -1.70. The SMILES string of the molecule is C[C@H]1CCCN(C(=O)[C@H](C)N(c2ccc(F)c(F)c2)S(C)(=O)=O)C1. The molecule has 2 atom stereocenters. The second kappa shape index (κ2) is 7.04. The van der Waals surface area contributed by atoms with Crippen LogP contribution in [0.4, 0.5) is 14.5 Å². The number of carbonyl (C=O) groups is 1. The third-order valence-corrected chi connectivity index (χ3v) is 5.43. The fourth-order valence-corrected chi connectivity index (χ4v) is 4.24. The molecule has 2 rings (SSSR count). The maximum Gasteiger partial charge on any atom is 0.246 e. The van der Waals surface area contributed by atoms with Gasteiger partial charge >= 0.3 is 0 Å². The summed E-state index contributed by atoms with van der Waals surface area (Å²) in [6, 6.07) is 1.76. The van der Waals surface area contributed by atoms with Gasteiger partial charge < -0.3 is 4.90 Å². The average molecular weight is 360 g/mol. The first-order valence-corrected chi connectivity index (χ1v) is 9.69. The minimum Gasteiger partial charge on any atom is -0.341 e. The topological polar surface area (TPSA) is 57.7 Å². The second-order valence-corrected chi connectivity index (χ2v) is 8.22. The van der Waals surface area contributed by atoms with E-state index in [0.29, 0.717) is 19.0 Å². The van der Waals surface area contributed by atoms with Gasteiger partial charge in [-0.05, 0) is 37.8 Å². The maximum atomic E-state index is 13.5. The molecule has 24 heavy (non-hydrogen) atoms. The third kappa shape index (κ3) is 4.03. The van der Waals surface area contributed by atoms with Crippen LogP contribution in [-0.4, -0.2) is 44.6 Å². The van der Waals surface area contributed by atoms with Gasteiger partial charge in [0.15, 0.2) is 11.6 Å². The van der Waals surface area contributed by atoms with Gasteiger partial charge in [-0.1, -0.05) is 6.92 Å². The van der Waals surface area contributed by atoms with Crippen molar-refractivity contribution < 1.29 is 22.0 Å². The average Bonchev–Trinajstić information content (AvgIpc) is 2.48. The van der Waals surface area contributed by atoms with Crippen LogP contribution in [0.25, 0.3) is 0 Å². The predicted molar refractivity (Wildman–Crippen MR) is 88.1 cm³/mol. The number of rotatable bonds is 4. The second-order valence-electron chi connectivity index (χ2n) is 6.36. The Morgan fingerprint density at radius 2 is 2.00 bits per heavy atom. The molecule has 1 saturated heterocycles. The largest absolute Gasteiger partial charge is 0.341 e. The van der Waals surface area contributed by atoms with Crippen LogP contribution in [0.3, 0.4) is 0 Å². The molecule has 0 saturated carbocycles. The first kappa shape index (κ1) is 18.6. The zero-order valence-electron chi connectivity index (χ0n) is 14.0. The van der Waals surface area contributed by atoms with Crippen LogP contribution in [0.5, 0.6) is 0 Å². The first-order chi connectivity index (χ1) is 11.1. The van der Waals surface area contributed by atoms with E-state index in [1.807, 2.05) is 6.92 Å². The summed E-state index contributed by atoms with van der Waals surface area (Å²) in [5.41, 5.74) is -0.0673. The molecule has 1 fully saturated rings. The maximum absolute atomic E-state index is 13.5. The molecule has 1 aromatic carbocycles. The van der Waals surface area contributed by atoms with Gasteiger partial charge in [-0.3, -0.25) is 9.10 Å². The summed E-state index contributed by atoms with van der Waals surface area (Å²) < 4.78 is 51.8. The Labute approximate surface area is 141 Å². The van der Waals surface area contributed by atoms with Gasteiger partial charge in [-0.15, -0.1) is 0 Å². The zero-order chi connectivity index (χ0) is 18.1. The van der Waals surface area contributed by atoms with E-state index in [1.165, 1.54) is 6.92 Å². The van der Waals surface area contributed by atoms with Crippen LogP contribution < -0.4 is 4.31 Å². The zero-order valence-corrected chi connectivity index (χ0v) is 14.8.